The molecule has 2 amide bonds. The highest BCUT2D eigenvalue weighted by atomic mass is 16.6. The molecule has 2 fully saturated rings. The van der Waals surface area contributed by atoms with E-state index in [-0.39, 0.29) is 17.9 Å². The van der Waals surface area contributed by atoms with Crippen molar-refractivity contribution >= 4 is 23.2 Å². The number of ether oxygens (including phenoxy) is 2. The molecular formula is C24H26N4O4. The van der Waals surface area contributed by atoms with Gasteiger partial charge in [-0.3, -0.25) is 14.5 Å². The maximum atomic E-state index is 12.9. The van der Waals surface area contributed by atoms with Crippen molar-refractivity contribution in [1.82, 2.24) is 10.2 Å². The van der Waals surface area contributed by atoms with E-state index in [0.717, 1.165) is 49.4 Å². The number of hydrogen-bond donors (Lipinski definition) is 2. The van der Waals surface area contributed by atoms with Gasteiger partial charge in [0, 0.05) is 36.6 Å². The molecule has 6 rings (SSSR count). The number of amides is 2. The third-order valence-corrected chi connectivity index (χ3v) is 7.10. The predicted molar refractivity (Wildman–Crippen MR) is 119 cm³/mol. The van der Waals surface area contributed by atoms with Crippen molar-refractivity contribution in [3.05, 3.63) is 48.0 Å². The van der Waals surface area contributed by atoms with Crippen LogP contribution >= 0.6 is 0 Å². The van der Waals surface area contributed by atoms with Crippen molar-refractivity contribution < 1.29 is 19.1 Å². The molecule has 1 unspecified atom stereocenters. The molecule has 2 aromatic carbocycles. The smallest absolute Gasteiger partial charge is 0.247 e. The summed E-state index contributed by atoms with van der Waals surface area (Å²) in [6, 6.07) is 13.9. The molecule has 0 bridgehead atoms. The number of carbonyl (C=O) groups excluding carboxylic acids is 2. The zero-order valence-electron chi connectivity index (χ0n) is 17.8. The van der Waals surface area contributed by atoms with Crippen LogP contribution < -0.4 is 25.0 Å². The Morgan fingerprint density at radius 1 is 1.06 bits per heavy atom. The van der Waals surface area contributed by atoms with Crippen molar-refractivity contribution in [2.24, 2.45) is 0 Å². The zero-order chi connectivity index (χ0) is 21.7. The molecule has 0 radical (unpaired) electrons. The maximum absolute atomic E-state index is 12.9. The number of rotatable bonds is 3. The maximum Gasteiger partial charge on any atom is 0.247 e. The highest BCUT2D eigenvalue weighted by molar-refractivity contribution is 6.00. The van der Waals surface area contributed by atoms with E-state index in [0.29, 0.717) is 31.2 Å². The van der Waals surface area contributed by atoms with Gasteiger partial charge in [0.1, 0.15) is 18.2 Å². The Labute approximate surface area is 186 Å². The van der Waals surface area contributed by atoms with Crippen molar-refractivity contribution in [2.75, 3.05) is 43.1 Å². The first kappa shape index (κ1) is 19.4. The number of para-hydroxylation sites is 1. The van der Waals surface area contributed by atoms with Crippen LogP contribution in [0.2, 0.25) is 0 Å². The van der Waals surface area contributed by atoms with Crippen LogP contribution in [0.4, 0.5) is 11.4 Å². The van der Waals surface area contributed by atoms with E-state index in [9.17, 15) is 9.59 Å². The molecule has 4 aliphatic rings. The molecule has 1 atom stereocenters. The van der Waals surface area contributed by atoms with Crippen molar-refractivity contribution in [3.63, 3.8) is 0 Å². The van der Waals surface area contributed by atoms with Crippen LogP contribution in [0.1, 0.15) is 18.4 Å². The highest BCUT2D eigenvalue weighted by Crippen LogP contribution is 2.42. The molecule has 32 heavy (non-hydrogen) atoms. The van der Waals surface area contributed by atoms with Gasteiger partial charge < -0.3 is 25.0 Å². The van der Waals surface area contributed by atoms with Crippen molar-refractivity contribution in [1.29, 1.82) is 0 Å². The number of hydrogen-bond acceptors (Lipinski definition) is 6. The standard InChI is InChI=1S/C24H26N4O4/c29-21-12-18-19(26-21)6-7-20-22(18)32-17(14-31-20)13-27-10-8-24(9-11-27)23(30)25-15-28(24)16-4-2-1-3-5-16/h1-7,17H,8-15H2,(H,25,30)(H,26,29). The topological polar surface area (TPSA) is 83.1 Å². The molecule has 4 heterocycles. The fourth-order valence-corrected chi connectivity index (χ4v) is 5.40. The lowest BCUT2D eigenvalue weighted by Gasteiger charge is -2.44. The summed E-state index contributed by atoms with van der Waals surface area (Å²) in [5.41, 5.74) is 2.29. The molecule has 8 heteroatoms. The first-order valence-corrected chi connectivity index (χ1v) is 11.2. The minimum absolute atomic E-state index is 0.0155. The monoisotopic (exact) mass is 434 g/mol. The second-order valence-electron chi connectivity index (χ2n) is 8.95. The summed E-state index contributed by atoms with van der Waals surface area (Å²) in [6.45, 7) is 3.39. The molecule has 0 aliphatic carbocycles. The minimum Gasteiger partial charge on any atom is -0.486 e. The van der Waals surface area contributed by atoms with Crippen LogP contribution in [0, 0.1) is 0 Å². The third-order valence-electron chi connectivity index (χ3n) is 7.10. The first-order valence-electron chi connectivity index (χ1n) is 11.2. The first-order chi connectivity index (χ1) is 15.6. The Kier molecular flexibility index (Phi) is 4.50. The summed E-state index contributed by atoms with van der Waals surface area (Å²) in [6.07, 6.45) is 1.75. The molecule has 166 valence electrons. The Morgan fingerprint density at radius 3 is 2.69 bits per heavy atom. The van der Waals surface area contributed by atoms with Gasteiger partial charge in [0.05, 0.1) is 13.1 Å². The van der Waals surface area contributed by atoms with Crippen LogP contribution in [0.5, 0.6) is 11.5 Å². The summed E-state index contributed by atoms with van der Waals surface area (Å²) in [5.74, 6) is 1.50. The molecule has 4 aliphatic heterocycles. The predicted octanol–water partition coefficient (Wildman–Crippen LogP) is 1.75. The molecule has 8 nitrogen and oxygen atoms in total. The van der Waals surface area contributed by atoms with Gasteiger partial charge in [-0.1, -0.05) is 18.2 Å². The second-order valence-corrected chi connectivity index (χ2v) is 8.95. The Hall–Kier alpha value is -3.26. The van der Waals surface area contributed by atoms with E-state index >= 15 is 0 Å². The third kappa shape index (κ3) is 3.09. The Balaban J connectivity index is 1.13. The molecular weight excluding hydrogens is 408 g/mol. The SMILES string of the molecule is O=C1Cc2c(ccc3c2OC(CN2CCC4(CC2)C(=O)NCN4c2ccccc2)CO3)N1. The van der Waals surface area contributed by atoms with Gasteiger partial charge in [-0.15, -0.1) is 0 Å². The van der Waals surface area contributed by atoms with Crippen molar-refractivity contribution in [3.8, 4) is 11.5 Å². The van der Waals surface area contributed by atoms with Crippen LogP contribution in [-0.4, -0.2) is 61.3 Å². The number of nitrogens with one attached hydrogen (secondary N) is 2. The largest absolute Gasteiger partial charge is 0.486 e. The van der Waals surface area contributed by atoms with Gasteiger partial charge in [0.2, 0.25) is 11.8 Å². The molecule has 1 spiro atoms. The summed E-state index contributed by atoms with van der Waals surface area (Å²) >= 11 is 0. The number of carbonyl (C=O) groups is 2. The van der Waals surface area contributed by atoms with E-state index in [2.05, 4.69) is 32.6 Å². The molecule has 0 saturated carbocycles. The van der Waals surface area contributed by atoms with Crippen LogP contribution in [-0.2, 0) is 16.0 Å². The quantitative estimate of drug-likeness (QED) is 0.766. The molecule has 2 N–H and O–H groups in total. The summed E-state index contributed by atoms with van der Waals surface area (Å²) in [7, 11) is 0. The van der Waals surface area contributed by atoms with Gasteiger partial charge in [0.15, 0.2) is 11.5 Å². The Bertz CT molecular complexity index is 1070. The van der Waals surface area contributed by atoms with Crippen LogP contribution in [0.3, 0.4) is 0 Å². The lowest BCUT2D eigenvalue weighted by molar-refractivity contribution is -0.125. The van der Waals surface area contributed by atoms with Gasteiger partial charge in [-0.25, -0.2) is 0 Å². The highest BCUT2D eigenvalue weighted by Gasteiger charge is 2.50. The number of benzene rings is 2. The number of piperidine rings is 1. The van der Waals surface area contributed by atoms with E-state index in [1.165, 1.54) is 0 Å². The van der Waals surface area contributed by atoms with Gasteiger partial charge in [0.25, 0.3) is 0 Å². The fraction of sp³-hybridized carbons (Fsp3) is 0.417. The normalized spacial score (nSPS) is 23.8. The van der Waals surface area contributed by atoms with Crippen LogP contribution in [0.15, 0.2) is 42.5 Å². The van der Waals surface area contributed by atoms with Crippen LogP contribution in [0.25, 0.3) is 0 Å². The number of fused-ring (bicyclic) bond motifs is 3. The van der Waals surface area contributed by atoms with E-state index in [1.807, 2.05) is 30.3 Å². The zero-order valence-corrected chi connectivity index (χ0v) is 17.8. The molecule has 2 aromatic rings. The number of likely N-dealkylation sites (tertiary alicyclic amines) is 1. The average molecular weight is 434 g/mol. The summed E-state index contributed by atoms with van der Waals surface area (Å²) < 4.78 is 12.3. The molecule has 2 saturated heterocycles. The minimum atomic E-state index is -0.485. The van der Waals surface area contributed by atoms with Gasteiger partial charge in [-0.2, -0.15) is 0 Å². The molecule has 0 aromatic heterocycles. The van der Waals surface area contributed by atoms with E-state index in [1.54, 1.807) is 0 Å². The second kappa shape index (κ2) is 7.41. The van der Waals surface area contributed by atoms with E-state index in [4.69, 9.17) is 9.47 Å². The lowest BCUT2D eigenvalue weighted by atomic mass is 9.85. The van der Waals surface area contributed by atoms with Gasteiger partial charge >= 0.3 is 0 Å². The lowest BCUT2D eigenvalue weighted by Crippen LogP contribution is -2.57. The Morgan fingerprint density at radius 2 is 1.88 bits per heavy atom. The number of nitrogens with zero attached hydrogens (tertiary/aromatic N) is 2. The van der Waals surface area contributed by atoms with Crippen molar-refractivity contribution in [2.45, 2.75) is 30.9 Å². The summed E-state index contributed by atoms with van der Waals surface area (Å²) in [4.78, 5) is 29.2. The average Bonchev–Trinajstić information content (AvgIpc) is 3.35. The van der Waals surface area contributed by atoms with Gasteiger partial charge in [-0.05, 0) is 37.1 Å². The summed E-state index contributed by atoms with van der Waals surface area (Å²) in [5, 5.41) is 5.92. The fourth-order valence-electron chi connectivity index (χ4n) is 5.40. The number of anilines is 2. The van der Waals surface area contributed by atoms with E-state index < -0.39 is 5.54 Å².